The molecule has 0 aliphatic carbocycles. The van der Waals surface area contributed by atoms with E-state index in [1.54, 1.807) is 0 Å². The first kappa shape index (κ1) is 20.5. The molecule has 6 nitrogen and oxygen atoms in total. The average Bonchev–Trinajstić information content (AvgIpc) is 2.17. The molecule has 1 rings (SSSR count). The summed E-state index contributed by atoms with van der Waals surface area (Å²) in [5.74, 6) is -2.51. The highest BCUT2D eigenvalue weighted by Crippen LogP contribution is 2.03. The van der Waals surface area contributed by atoms with Gasteiger partial charge in [0.2, 0.25) is 0 Å². The van der Waals surface area contributed by atoms with E-state index < -0.39 is 11.9 Å². The third-order valence-electron chi connectivity index (χ3n) is 1.10. The first-order valence-electron chi connectivity index (χ1n) is 3.87. The van der Waals surface area contributed by atoms with Gasteiger partial charge in [-0.05, 0) is 12.1 Å². The van der Waals surface area contributed by atoms with Crippen molar-refractivity contribution in [2.45, 2.75) is 0 Å². The number of hydrogen-bond donors (Lipinski definition) is 4. The molecule has 1 aromatic carbocycles. The number of carbonyl (C=O) groups is 2. The molecule has 0 bridgehead atoms. The predicted molar refractivity (Wildman–Crippen MR) is 65.9 cm³/mol. The maximum Gasteiger partial charge on any atom is 0.328 e. The first-order valence-corrected chi connectivity index (χ1v) is 4.24. The number of halogens is 1. The number of carboxylic acids is 2. The van der Waals surface area contributed by atoms with E-state index in [1.165, 1.54) is 0 Å². The van der Waals surface area contributed by atoms with Crippen LogP contribution >= 0.6 is 11.6 Å². The molecule has 1 aromatic rings. The molecule has 0 heterocycles. The molecule has 8 N–H and O–H groups in total. The number of rotatable bonds is 2. The van der Waals surface area contributed by atoms with Gasteiger partial charge in [0.25, 0.3) is 0 Å². The smallest absolute Gasteiger partial charge is 0.328 e. The third kappa shape index (κ3) is 16.8. The Hall–Kier alpha value is -1.89. The Bertz CT molecular complexity index is 339. The lowest BCUT2D eigenvalue weighted by Gasteiger charge is -1.80. The van der Waals surface area contributed by atoms with Crippen LogP contribution in [0.5, 0.6) is 0 Å². The second-order valence-electron chi connectivity index (χ2n) is 2.31. The predicted octanol–water partition coefficient (Wildman–Crippen LogP) is 2.38. The lowest BCUT2D eigenvalue weighted by atomic mass is 10.4. The van der Waals surface area contributed by atoms with Crippen LogP contribution in [0, 0.1) is 0 Å². The summed E-state index contributed by atoms with van der Waals surface area (Å²) in [4.78, 5) is 19.1. The highest BCUT2D eigenvalue weighted by molar-refractivity contribution is 6.30. The number of benzene rings is 1. The van der Waals surface area contributed by atoms with Gasteiger partial charge in [0.1, 0.15) is 0 Å². The van der Waals surface area contributed by atoms with Gasteiger partial charge in [-0.3, -0.25) is 0 Å². The summed E-state index contributed by atoms with van der Waals surface area (Å²) in [5, 5.41) is 16.4. The minimum Gasteiger partial charge on any atom is -0.478 e. The summed E-state index contributed by atoms with van der Waals surface area (Å²) in [6, 6.07) is 9.44. The van der Waals surface area contributed by atoms with Crippen LogP contribution in [0.1, 0.15) is 0 Å². The Balaban J connectivity index is -0.000000207. The monoisotopic (exact) mass is 262 g/mol. The van der Waals surface area contributed by atoms with Crippen molar-refractivity contribution in [1.82, 2.24) is 12.3 Å². The Morgan fingerprint density at radius 1 is 0.941 bits per heavy atom. The molecule has 0 amide bonds. The van der Waals surface area contributed by atoms with Crippen LogP contribution in [0.25, 0.3) is 0 Å². The molecular formula is C10H15ClN2O4. The van der Waals surface area contributed by atoms with Crippen LogP contribution < -0.4 is 12.3 Å². The zero-order chi connectivity index (χ0) is 11.7. The maximum atomic E-state index is 9.55. The van der Waals surface area contributed by atoms with Gasteiger partial charge >= 0.3 is 11.9 Å². The quantitative estimate of drug-likeness (QED) is 0.602. The summed E-state index contributed by atoms with van der Waals surface area (Å²) < 4.78 is 0. The second kappa shape index (κ2) is 12.2. The normalized spacial score (nSPS) is 8.06. The summed E-state index contributed by atoms with van der Waals surface area (Å²) >= 11 is 5.54. The number of carboxylic acid groups (broad SMARTS) is 2. The summed E-state index contributed by atoms with van der Waals surface area (Å²) in [5.41, 5.74) is 0. The van der Waals surface area contributed by atoms with Crippen LogP contribution in [0.3, 0.4) is 0 Å². The van der Waals surface area contributed by atoms with Crippen molar-refractivity contribution in [2.75, 3.05) is 0 Å². The fourth-order valence-corrected chi connectivity index (χ4v) is 0.703. The molecule has 0 radical (unpaired) electrons. The van der Waals surface area contributed by atoms with Gasteiger partial charge in [0, 0.05) is 17.2 Å². The Labute approximate surface area is 104 Å². The van der Waals surface area contributed by atoms with Gasteiger partial charge in [0.15, 0.2) is 0 Å². The number of hydrogen-bond acceptors (Lipinski definition) is 4. The van der Waals surface area contributed by atoms with Gasteiger partial charge in [-0.1, -0.05) is 29.8 Å². The standard InChI is InChI=1S/C6H5Cl.C4H4O4.2H3N/c7-6-4-2-1-3-5-6;5-3(6)1-2-4(7)8;;/h1-5H;1-2H,(H,5,6)(H,7,8);2*1H3/b;2-1-;;. The molecule has 0 unspecified atom stereocenters. The molecule has 0 aromatic heterocycles. The molecule has 0 aliphatic heterocycles. The van der Waals surface area contributed by atoms with E-state index in [-0.39, 0.29) is 12.3 Å². The van der Waals surface area contributed by atoms with E-state index in [2.05, 4.69) is 0 Å². The molecule has 0 fully saturated rings. The molecule has 96 valence electrons. The molecular weight excluding hydrogens is 248 g/mol. The highest BCUT2D eigenvalue weighted by Gasteiger charge is 1.88. The van der Waals surface area contributed by atoms with E-state index in [0.717, 1.165) is 5.02 Å². The molecule has 0 saturated carbocycles. The Morgan fingerprint density at radius 2 is 1.29 bits per heavy atom. The minimum absolute atomic E-state index is 0. The fraction of sp³-hybridized carbons (Fsp3) is 0. The van der Waals surface area contributed by atoms with E-state index in [9.17, 15) is 9.59 Å². The van der Waals surface area contributed by atoms with Crippen molar-refractivity contribution in [3.05, 3.63) is 47.5 Å². The third-order valence-corrected chi connectivity index (χ3v) is 1.35. The zero-order valence-electron chi connectivity index (χ0n) is 9.04. The van der Waals surface area contributed by atoms with E-state index in [0.29, 0.717) is 12.2 Å². The number of aliphatic carboxylic acids is 2. The van der Waals surface area contributed by atoms with Crippen LogP contribution in [-0.2, 0) is 9.59 Å². The molecule has 17 heavy (non-hydrogen) atoms. The SMILES string of the molecule is Clc1ccccc1.N.N.O=C(O)/C=C\C(=O)O. The molecule has 0 atom stereocenters. The van der Waals surface area contributed by atoms with Gasteiger partial charge in [-0.15, -0.1) is 0 Å². The van der Waals surface area contributed by atoms with E-state index >= 15 is 0 Å². The lowest BCUT2D eigenvalue weighted by Crippen LogP contribution is -1.91. The summed E-state index contributed by atoms with van der Waals surface area (Å²) in [6.45, 7) is 0. The lowest BCUT2D eigenvalue weighted by molar-refractivity contribution is -0.134. The summed E-state index contributed by atoms with van der Waals surface area (Å²) in [7, 11) is 0. The Morgan fingerprint density at radius 3 is 1.47 bits per heavy atom. The fourth-order valence-electron chi connectivity index (χ4n) is 0.557. The van der Waals surface area contributed by atoms with Crippen LogP contribution in [-0.4, -0.2) is 22.2 Å². The van der Waals surface area contributed by atoms with E-state index in [1.807, 2.05) is 30.3 Å². The van der Waals surface area contributed by atoms with Gasteiger partial charge < -0.3 is 22.5 Å². The molecule has 0 saturated heterocycles. The van der Waals surface area contributed by atoms with Crippen LogP contribution in [0.2, 0.25) is 5.02 Å². The van der Waals surface area contributed by atoms with Crippen molar-refractivity contribution in [3.8, 4) is 0 Å². The minimum atomic E-state index is -1.26. The maximum absolute atomic E-state index is 9.55. The summed E-state index contributed by atoms with van der Waals surface area (Å²) in [6.07, 6.45) is 1.12. The van der Waals surface area contributed by atoms with Crippen LogP contribution in [0.15, 0.2) is 42.5 Å². The highest BCUT2D eigenvalue weighted by atomic mass is 35.5. The topological polar surface area (TPSA) is 145 Å². The van der Waals surface area contributed by atoms with Gasteiger partial charge in [0.05, 0.1) is 0 Å². The average molecular weight is 263 g/mol. The largest absolute Gasteiger partial charge is 0.478 e. The van der Waals surface area contributed by atoms with Crippen molar-refractivity contribution in [3.63, 3.8) is 0 Å². The molecule has 0 aliphatic rings. The second-order valence-corrected chi connectivity index (χ2v) is 2.74. The molecule has 0 spiro atoms. The van der Waals surface area contributed by atoms with E-state index in [4.69, 9.17) is 21.8 Å². The van der Waals surface area contributed by atoms with Crippen molar-refractivity contribution in [1.29, 1.82) is 0 Å². The molecule has 7 heteroatoms. The first-order chi connectivity index (χ1) is 7.02. The Kier molecular flexibility index (Phi) is 14.7. The zero-order valence-corrected chi connectivity index (χ0v) is 9.80. The van der Waals surface area contributed by atoms with Crippen molar-refractivity contribution in [2.24, 2.45) is 0 Å². The van der Waals surface area contributed by atoms with Crippen molar-refractivity contribution >= 4 is 23.5 Å². The van der Waals surface area contributed by atoms with Crippen molar-refractivity contribution < 1.29 is 19.8 Å². The van der Waals surface area contributed by atoms with Gasteiger partial charge in [-0.2, -0.15) is 0 Å². The van der Waals surface area contributed by atoms with Gasteiger partial charge in [-0.25, -0.2) is 9.59 Å². The van der Waals surface area contributed by atoms with Crippen LogP contribution in [0.4, 0.5) is 0 Å².